The third-order valence-corrected chi connectivity index (χ3v) is 6.40. The van der Waals surface area contributed by atoms with Gasteiger partial charge in [0.05, 0.1) is 17.7 Å². The fourth-order valence-electron chi connectivity index (χ4n) is 4.33. The first kappa shape index (κ1) is 25.6. The summed E-state index contributed by atoms with van der Waals surface area (Å²) >= 11 is 5.88. The minimum absolute atomic E-state index is 0.0726. The molecular formula is C26H24ClF3N4O2. The second kappa shape index (κ2) is 11.1. The van der Waals surface area contributed by atoms with Crippen LogP contribution in [0.2, 0.25) is 5.02 Å². The van der Waals surface area contributed by atoms with Crippen molar-refractivity contribution < 1.29 is 22.8 Å². The Morgan fingerprint density at radius 1 is 1.11 bits per heavy atom. The predicted molar refractivity (Wildman–Crippen MR) is 128 cm³/mol. The molecule has 188 valence electrons. The Labute approximate surface area is 211 Å². The Hall–Kier alpha value is -3.46. The van der Waals surface area contributed by atoms with E-state index in [0.717, 1.165) is 12.1 Å². The lowest BCUT2D eigenvalue weighted by Crippen LogP contribution is -2.39. The van der Waals surface area contributed by atoms with E-state index in [9.17, 15) is 22.8 Å². The summed E-state index contributed by atoms with van der Waals surface area (Å²) in [7, 11) is 0. The van der Waals surface area contributed by atoms with Crippen molar-refractivity contribution in [3.63, 3.8) is 0 Å². The number of amides is 2. The molecule has 2 amide bonds. The molecule has 10 heteroatoms. The van der Waals surface area contributed by atoms with Crippen LogP contribution in [-0.2, 0) is 17.8 Å². The highest BCUT2D eigenvalue weighted by Crippen LogP contribution is 2.29. The van der Waals surface area contributed by atoms with E-state index in [2.05, 4.69) is 15.3 Å². The number of aryl methyl sites for hydroxylation is 1. The lowest BCUT2D eigenvalue weighted by atomic mass is 9.90. The average molecular weight is 517 g/mol. The predicted octanol–water partition coefficient (Wildman–Crippen LogP) is 4.73. The number of halogens is 4. The Kier molecular flexibility index (Phi) is 7.88. The van der Waals surface area contributed by atoms with Gasteiger partial charge in [0.15, 0.2) is 0 Å². The van der Waals surface area contributed by atoms with Crippen molar-refractivity contribution in [2.75, 3.05) is 13.1 Å². The SMILES string of the molecule is Cc1ncc(C(=O)NCc2cc(F)cc(Cl)c2)c(C2CCN(C(=O)Cc3c(F)cccc3F)CC2)n1. The second-order valence-electron chi connectivity index (χ2n) is 8.71. The molecule has 0 bridgehead atoms. The highest BCUT2D eigenvalue weighted by atomic mass is 35.5. The zero-order valence-electron chi connectivity index (χ0n) is 19.5. The molecule has 4 rings (SSSR count). The van der Waals surface area contributed by atoms with Gasteiger partial charge in [-0.2, -0.15) is 0 Å². The van der Waals surface area contributed by atoms with Crippen LogP contribution in [-0.4, -0.2) is 39.8 Å². The number of nitrogens with one attached hydrogen (secondary N) is 1. The summed E-state index contributed by atoms with van der Waals surface area (Å²) in [5.74, 6) is -2.35. The summed E-state index contributed by atoms with van der Waals surface area (Å²) in [4.78, 5) is 35.9. The van der Waals surface area contributed by atoms with Crippen LogP contribution in [0, 0.1) is 24.4 Å². The number of nitrogens with zero attached hydrogens (tertiary/aromatic N) is 3. The highest BCUT2D eigenvalue weighted by molar-refractivity contribution is 6.30. The Bertz CT molecular complexity index is 1260. The molecule has 0 aliphatic carbocycles. The van der Waals surface area contributed by atoms with Crippen LogP contribution >= 0.6 is 11.6 Å². The molecule has 1 aliphatic rings. The van der Waals surface area contributed by atoms with E-state index >= 15 is 0 Å². The number of carbonyl (C=O) groups is 2. The van der Waals surface area contributed by atoms with Crippen molar-refractivity contribution >= 4 is 23.4 Å². The lowest BCUT2D eigenvalue weighted by molar-refractivity contribution is -0.131. The van der Waals surface area contributed by atoms with Gasteiger partial charge in [-0.3, -0.25) is 9.59 Å². The molecule has 2 heterocycles. The van der Waals surface area contributed by atoms with Gasteiger partial charge in [0, 0.05) is 42.3 Å². The number of carbonyl (C=O) groups excluding carboxylic acids is 2. The summed E-state index contributed by atoms with van der Waals surface area (Å²) in [6, 6.07) is 7.56. The van der Waals surface area contributed by atoms with Crippen LogP contribution in [0.15, 0.2) is 42.6 Å². The maximum absolute atomic E-state index is 13.9. The third-order valence-electron chi connectivity index (χ3n) is 6.18. The number of rotatable bonds is 6. The molecular weight excluding hydrogens is 493 g/mol. The normalized spacial score (nSPS) is 14.1. The first-order chi connectivity index (χ1) is 17.2. The molecule has 0 radical (unpaired) electrons. The van der Waals surface area contributed by atoms with Crippen molar-refractivity contribution in [1.82, 2.24) is 20.2 Å². The summed E-state index contributed by atoms with van der Waals surface area (Å²) in [6.45, 7) is 2.53. The molecule has 0 spiro atoms. The van der Waals surface area contributed by atoms with Gasteiger partial charge in [0.25, 0.3) is 5.91 Å². The Balaban J connectivity index is 1.42. The van der Waals surface area contributed by atoms with E-state index in [1.54, 1.807) is 17.9 Å². The minimum Gasteiger partial charge on any atom is -0.348 e. The monoisotopic (exact) mass is 516 g/mol. The first-order valence-corrected chi connectivity index (χ1v) is 11.9. The van der Waals surface area contributed by atoms with Gasteiger partial charge in [-0.1, -0.05) is 17.7 Å². The molecule has 36 heavy (non-hydrogen) atoms. The largest absolute Gasteiger partial charge is 0.348 e. The number of likely N-dealkylation sites (tertiary alicyclic amines) is 1. The summed E-state index contributed by atoms with van der Waals surface area (Å²) in [5, 5.41) is 2.99. The molecule has 6 nitrogen and oxygen atoms in total. The van der Waals surface area contributed by atoms with Crippen LogP contribution < -0.4 is 5.32 Å². The Morgan fingerprint density at radius 2 is 1.81 bits per heavy atom. The van der Waals surface area contributed by atoms with E-state index in [-0.39, 0.29) is 35.4 Å². The van der Waals surface area contributed by atoms with Crippen LogP contribution in [0.25, 0.3) is 0 Å². The molecule has 1 aliphatic heterocycles. The smallest absolute Gasteiger partial charge is 0.254 e. The van der Waals surface area contributed by atoms with Crippen molar-refractivity contribution in [2.24, 2.45) is 0 Å². The number of hydrogen-bond donors (Lipinski definition) is 1. The second-order valence-corrected chi connectivity index (χ2v) is 9.14. The third kappa shape index (κ3) is 6.02. The minimum atomic E-state index is -0.745. The van der Waals surface area contributed by atoms with Gasteiger partial charge in [-0.25, -0.2) is 23.1 Å². The van der Waals surface area contributed by atoms with Gasteiger partial charge in [-0.15, -0.1) is 0 Å². The molecule has 0 saturated carbocycles. The molecule has 1 fully saturated rings. The van der Waals surface area contributed by atoms with Crippen molar-refractivity contribution in [2.45, 2.75) is 38.6 Å². The van der Waals surface area contributed by atoms with Gasteiger partial charge >= 0.3 is 0 Å². The van der Waals surface area contributed by atoms with Gasteiger partial charge in [-0.05, 0) is 55.7 Å². The summed E-state index contributed by atoms with van der Waals surface area (Å²) in [6.07, 6.45) is 2.17. The van der Waals surface area contributed by atoms with Gasteiger partial charge < -0.3 is 10.2 Å². The zero-order chi connectivity index (χ0) is 25.8. The molecule has 2 aromatic carbocycles. The topological polar surface area (TPSA) is 75.2 Å². The molecule has 0 atom stereocenters. The van der Waals surface area contributed by atoms with Crippen LogP contribution in [0.5, 0.6) is 0 Å². The average Bonchev–Trinajstić information content (AvgIpc) is 2.84. The van der Waals surface area contributed by atoms with Crippen LogP contribution in [0.1, 0.15) is 51.8 Å². The van der Waals surface area contributed by atoms with Gasteiger partial charge in [0.1, 0.15) is 23.3 Å². The lowest BCUT2D eigenvalue weighted by Gasteiger charge is -2.32. The molecule has 3 aromatic rings. The van der Waals surface area contributed by atoms with Crippen LogP contribution in [0.4, 0.5) is 13.2 Å². The number of aromatic nitrogens is 2. The van der Waals surface area contributed by atoms with Crippen molar-refractivity contribution in [1.29, 1.82) is 0 Å². The van der Waals surface area contributed by atoms with E-state index < -0.39 is 23.4 Å². The fourth-order valence-corrected chi connectivity index (χ4v) is 4.58. The van der Waals surface area contributed by atoms with Crippen molar-refractivity contribution in [3.8, 4) is 0 Å². The molecule has 1 N–H and O–H groups in total. The van der Waals surface area contributed by atoms with Crippen LogP contribution in [0.3, 0.4) is 0 Å². The highest BCUT2D eigenvalue weighted by Gasteiger charge is 2.29. The first-order valence-electron chi connectivity index (χ1n) is 11.5. The van der Waals surface area contributed by atoms with E-state index in [1.165, 1.54) is 24.4 Å². The maximum Gasteiger partial charge on any atom is 0.254 e. The number of piperidine rings is 1. The quantitative estimate of drug-likeness (QED) is 0.514. The molecule has 1 aromatic heterocycles. The van der Waals surface area contributed by atoms with E-state index in [1.807, 2.05) is 0 Å². The summed E-state index contributed by atoms with van der Waals surface area (Å²) in [5.41, 5.74) is 1.15. The molecule has 1 saturated heterocycles. The summed E-state index contributed by atoms with van der Waals surface area (Å²) < 4.78 is 41.5. The van der Waals surface area contributed by atoms with Crippen molar-refractivity contribution in [3.05, 3.63) is 93.3 Å². The van der Waals surface area contributed by atoms with E-state index in [0.29, 0.717) is 48.6 Å². The Morgan fingerprint density at radius 3 is 2.47 bits per heavy atom. The number of benzene rings is 2. The fraction of sp³-hybridized carbons (Fsp3) is 0.308. The number of hydrogen-bond acceptors (Lipinski definition) is 4. The zero-order valence-corrected chi connectivity index (χ0v) is 20.3. The van der Waals surface area contributed by atoms with E-state index in [4.69, 9.17) is 11.6 Å². The maximum atomic E-state index is 13.9. The van der Waals surface area contributed by atoms with Gasteiger partial charge in [0.2, 0.25) is 5.91 Å². The standard InChI is InChI=1S/C26H24ClF3N4O2/c1-15-31-14-21(26(36)32-13-16-9-18(27)11-19(28)10-16)25(33-15)17-5-7-34(8-6-17)24(35)12-20-22(29)3-2-4-23(20)30/h2-4,9-11,14,17H,5-8,12-13H2,1H3,(H,32,36). The molecule has 0 unspecified atom stereocenters.